The van der Waals surface area contributed by atoms with Gasteiger partial charge < -0.3 is 14.8 Å². The molecule has 3 rings (SSSR count). The molecule has 0 aliphatic carbocycles. The summed E-state index contributed by atoms with van der Waals surface area (Å²) in [6.07, 6.45) is 1.56. The van der Waals surface area contributed by atoms with Gasteiger partial charge in [-0.05, 0) is 18.2 Å². The third-order valence-corrected chi connectivity index (χ3v) is 4.79. The van der Waals surface area contributed by atoms with Gasteiger partial charge in [0.1, 0.15) is 23.2 Å². The van der Waals surface area contributed by atoms with Crippen LogP contribution < -0.4 is 11.0 Å². The third-order valence-electron chi connectivity index (χ3n) is 3.54. The molecule has 2 aromatic rings. The van der Waals surface area contributed by atoms with Gasteiger partial charge in [0.15, 0.2) is 0 Å². The van der Waals surface area contributed by atoms with Gasteiger partial charge in [0.05, 0.1) is 12.2 Å². The first-order valence-electron chi connectivity index (χ1n) is 7.89. The largest absolute Gasteiger partial charge is 0.458 e. The topological polar surface area (TPSA) is 99.5 Å². The third kappa shape index (κ3) is 4.50. The van der Waals surface area contributed by atoms with Crippen LogP contribution >= 0.6 is 11.8 Å². The highest BCUT2D eigenvalue weighted by molar-refractivity contribution is 8.00. The number of esters is 1. The summed E-state index contributed by atoms with van der Waals surface area (Å²) in [5, 5.41) is 2.19. The molecular formula is C17H17N3O5S. The first-order valence-corrected chi connectivity index (χ1v) is 8.83. The molecule has 0 radical (unpaired) electrons. The fraction of sp³-hybridized carbons (Fsp3) is 0.294. The Bertz CT molecular complexity index is 855. The average Bonchev–Trinajstić information content (AvgIpc) is 3.08. The van der Waals surface area contributed by atoms with Crippen molar-refractivity contribution in [1.82, 2.24) is 9.55 Å². The van der Waals surface area contributed by atoms with E-state index in [9.17, 15) is 14.4 Å². The van der Waals surface area contributed by atoms with Crippen molar-refractivity contribution in [2.24, 2.45) is 0 Å². The molecule has 2 heterocycles. The van der Waals surface area contributed by atoms with E-state index in [2.05, 4.69) is 10.3 Å². The molecule has 0 saturated carbocycles. The van der Waals surface area contributed by atoms with Crippen molar-refractivity contribution in [1.29, 1.82) is 0 Å². The summed E-state index contributed by atoms with van der Waals surface area (Å²) in [5.74, 6) is -0.513. The second-order valence-electron chi connectivity index (χ2n) is 5.50. The summed E-state index contributed by atoms with van der Waals surface area (Å²) in [6.45, 7) is 1.72. The number of ether oxygens (including phenoxy) is 2. The van der Waals surface area contributed by atoms with Gasteiger partial charge in [-0.25, -0.2) is 9.59 Å². The quantitative estimate of drug-likeness (QED) is 0.793. The van der Waals surface area contributed by atoms with Crippen LogP contribution in [0.5, 0.6) is 0 Å². The molecule has 0 spiro atoms. The van der Waals surface area contributed by atoms with Gasteiger partial charge >= 0.3 is 11.7 Å². The summed E-state index contributed by atoms with van der Waals surface area (Å²) in [7, 11) is 0. The molecule has 26 heavy (non-hydrogen) atoms. The summed E-state index contributed by atoms with van der Waals surface area (Å²) >= 11 is 1.37. The Morgan fingerprint density at radius 1 is 1.35 bits per heavy atom. The molecule has 1 saturated heterocycles. The van der Waals surface area contributed by atoms with Crippen LogP contribution in [0.3, 0.4) is 0 Å². The van der Waals surface area contributed by atoms with Crippen LogP contribution in [0.15, 0.2) is 47.4 Å². The van der Waals surface area contributed by atoms with Crippen LogP contribution in [0.4, 0.5) is 5.82 Å². The first kappa shape index (κ1) is 18.2. The molecule has 1 amide bonds. The minimum atomic E-state index is -0.487. The maximum absolute atomic E-state index is 12.1. The number of nitrogens with one attached hydrogen (secondary N) is 1. The predicted molar refractivity (Wildman–Crippen MR) is 95.9 cm³/mol. The Kier molecular flexibility index (Phi) is 5.69. The standard InChI is InChI=1S/C17H17N3O5S/c1-11(21)18-13-7-8-20(17(23)19-13)14-9-24-15(26-14)10-25-16(22)12-5-3-2-4-6-12/h2-8,14-15H,9-10H2,1H3,(H,18,19,21,23)/t14-,15-/m0/s1. The Labute approximate surface area is 153 Å². The minimum absolute atomic E-state index is 0.0844. The monoisotopic (exact) mass is 375 g/mol. The van der Waals surface area contributed by atoms with Gasteiger partial charge in [-0.2, -0.15) is 4.98 Å². The van der Waals surface area contributed by atoms with Crippen molar-refractivity contribution in [3.8, 4) is 0 Å². The van der Waals surface area contributed by atoms with E-state index in [0.717, 1.165) is 0 Å². The Morgan fingerprint density at radius 2 is 2.12 bits per heavy atom. The van der Waals surface area contributed by atoms with Crippen LogP contribution in [0, 0.1) is 0 Å². The predicted octanol–water partition coefficient (Wildman–Crippen LogP) is 1.65. The highest BCUT2D eigenvalue weighted by Crippen LogP contribution is 2.34. The fourth-order valence-electron chi connectivity index (χ4n) is 2.36. The summed E-state index contributed by atoms with van der Waals surface area (Å²) in [4.78, 5) is 38.9. The van der Waals surface area contributed by atoms with Gasteiger partial charge in [-0.1, -0.05) is 30.0 Å². The van der Waals surface area contributed by atoms with E-state index in [1.807, 2.05) is 6.07 Å². The number of anilines is 1. The molecule has 2 atom stereocenters. The number of thioether (sulfide) groups is 1. The number of carbonyl (C=O) groups excluding carboxylic acids is 2. The van der Waals surface area contributed by atoms with Crippen molar-refractivity contribution in [2.45, 2.75) is 17.7 Å². The number of carbonyl (C=O) groups is 2. The van der Waals surface area contributed by atoms with Crippen LogP contribution in [0.1, 0.15) is 22.7 Å². The molecule has 0 unspecified atom stereocenters. The number of aromatic nitrogens is 2. The molecule has 1 aliphatic heterocycles. The van der Waals surface area contributed by atoms with Gasteiger partial charge in [0, 0.05) is 13.1 Å². The van der Waals surface area contributed by atoms with E-state index in [0.29, 0.717) is 12.2 Å². The first-order chi connectivity index (χ1) is 12.5. The lowest BCUT2D eigenvalue weighted by atomic mass is 10.2. The molecule has 1 aromatic carbocycles. The normalized spacial score (nSPS) is 19.1. The zero-order chi connectivity index (χ0) is 18.5. The molecule has 1 fully saturated rings. The van der Waals surface area contributed by atoms with Crippen molar-refractivity contribution in [3.63, 3.8) is 0 Å². The van der Waals surface area contributed by atoms with Gasteiger partial charge in [-0.3, -0.25) is 9.36 Å². The lowest BCUT2D eigenvalue weighted by Crippen LogP contribution is -2.27. The number of rotatable bonds is 5. The number of amides is 1. The van der Waals surface area contributed by atoms with Crippen LogP contribution in [-0.2, 0) is 14.3 Å². The average molecular weight is 375 g/mol. The molecule has 1 aliphatic rings. The molecule has 1 N–H and O–H groups in total. The molecular weight excluding hydrogens is 358 g/mol. The van der Waals surface area contributed by atoms with Crippen LogP contribution in [0.25, 0.3) is 0 Å². The number of hydrogen-bond donors (Lipinski definition) is 1. The van der Waals surface area contributed by atoms with Gasteiger partial charge in [0.25, 0.3) is 0 Å². The lowest BCUT2D eigenvalue weighted by Gasteiger charge is -2.12. The van der Waals surface area contributed by atoms with Crippen LogP contribution in [-0.4, -0.2) is 40.1 Å². The van der Waals surface area contributed by atoms with Gasteiger partial charge in [0.2, 0.25) is 5.91 Å². The Morgan fingerprint density at radius 3 is 2.81 bits per heavy atom. The van der Waals surface area contributed by atoms with E-state index >= 15 is 0 Å². The maximum atomic E-state index is 12.1. The van der Waals surface area contributed by atoms with E-state index in [1.54, 1.807) is 36.5 Å². The van der Waals surface area contributed by atoms with Crippen molar-refractivity contribution < 1.29 is 19.1 Å². The zero-order valence-electron chi connectivity index (χ0n) is 14.0. The second-order valence-corrected chi connectivity index (χ2v) is 6.84. The van der Waals surface area contributed by atoms with E-state index in [4.69, 9.17) is 9.47 Å². The second kappa shape index (κ2) is 8.15. The summed E-state index contributed by atoms with van der Waals surface area (Å²) in [6, 6.07) is 10.2. The molecule has 136 valence electrons. The summed E-state index contributed by atoms with van der Waals surface area (Å²) < 4.78 is 12.3. The summed E-state index contributed by atoms with van der Waals surface area (Å²) in [5.41, 5.74) is -0.380. The SMILES string of the molecule is CC(=O)Nc1ccn([C@@H]2CO[C@H](COC(=O)c3ccccc3)S2)c(=O)n1. The molecule has 0 bridgehead atoms. The smallest absolute Gasteiger partial charge is 0.350 e. The number of benzene rings is 1. The van der Waals surface area contributed by atoms with E-state index in [1.165, 1.54) is 23.3 Å². The Hall–Kier alpha value is -2.65. The lowest BCUT2D eigenvalue weighted by molar-refractivity contribution is -0.114. The fourth-order valence-corrected chi connectivity index (χ4v) is 3.46. The molecule has 8 nitrogen and oxygen atoms in total. The van der Waals surface area contributed by atoms with E-state index < -0.39 is 11.7 Å². The highest BCUT2D eigenvalue weighted by atomic mass is 32.2. The highest BCUT2D eigenvalue weighted by Gasteiger charge is 2.29. The van der Waals surface area contributed by atoms with E-state index in [-0.39, 0.29) is 29.1 Å². The Balaban J connectivity index is 1.56. The number of nitrogens with zero attached hydrogens (tertiary/aromatic N) is 2. The van der Waals surface area contributed by atoms with Gasteiger partial charge in [-0.15, -0.1) is 0 Å². The molecule has 9 heteroatoms. The van der Waals surface area contributed by atoms with Crippen molar-refractivity contribution in [3.05, 3.63) is 58.6 Å². The van der Waals surface area contributed by atoms with Crippen LogP contribution in [0.2, 0.25) is 0 Å². The maximum Gasteiger partial charge on any atom is 0.350 e. The number of hydrogen-bond acceptors (Lipinski definition) is 7. The van der Waals surface area contributed by atoms with Crippen molar-refractivity contribution >= 4 is 29.5 Å². The molecule has 1 aromatic heterocycles. The minimum Gasteiger partial charge on any atom is -0.458 e. The zero-order valence-corrected chi connectivity index (χ0v) is 14.8. The van der Waals surface area contributed by atoms with Crippen molar-refractivity contribution in [2.75, 3.05) is 18.5 Å².